The highest BCUT2D eigenvalue weighted by Crippen LogP contribution is 1.97. The summed E-state index contributed by atoms with van der Waals surface area (Å²) >= 11 is 0. The van der Waals surface area contributed by atoms with Gasteiger partial charge in [-0.2, -0.15) is 5.48 Å². The summed E-state index contributed by atoms with van der Waals surface area (Å²) in [6.45, 7) is 15.8. The maximum atomic E-state index is 10.8. The van der Waals surface area contributed by atoms with Crippen molar-refractivity contribution in [1.82, 2.24) is 5.48 Å². The van der Waals surface area contributed by atoms with Crippen LogP contribution in [0.15, 0.2) is 0 Å². The van der Waals surface area contributed by atoms with Crippen LogP contribution in [0.5, 0.6) is 0 Å². The highest BCUT2D eigenvalue weighted by molar-refractivity contribution is 5.80. The number of carbonyl (C=O) groups excluding carboxylic acids is 1. The van der Waals surface area contributed by atoms with E-state index in [9.17, 15) is 4.79 Å². The summed E-state index contributed by atoms with van der Waals surface area (Å²) in [7, 11) is 0. The zero-order valence-electron chi connectivity index (χ0n) is 12.8. The van der Waals surface area contributed by atoms with Gasteiger partial charge in [-0.25, -0.2) is 0 Å². The highest BCUT2D eigenvalue weighted by Gasteiger charge is 2.10. The van der Waals surface area contributed by atoms with Crippen LogP contribution < -0.4 is 11.2 Å². The maximum absolute atomic E-state index is 10.8. The smallest absolute Gasteiger partial charge is 0.148 e. The second-order valence-electron chi connectivity index (χ2n) is 3.67. The van der Waals surface area contributed by atoms with Crippen molar-refractivity contribution in [2.45, 2.75) is 67.5 Å². The molecule has 0 aliphatic heterocycles. The molecule has 0 aromatic carbocycles. The molecule has 2 atom stereocenters. The van der Waals surface area contributed by atoms with Gasteiger partial charge in [0.15, 0.2) is 0 Å². The highest BCUT2D eigenvalue weighted by atomic mass is 16.6. The third kappa shape index (κ3) is 15.5. The number of ketones is 1. The van der Waals surface area contributed by atoms with Crippen molar-refractivity contribution >= 4 is 5.78 Å². The van der Waals surface area contributed by atoms with E-state index in [1.807, 2.05) is 41.5 Å². The Morgan fingerprint density at radius 3 is 1.88 bits per heavy atom. The topological polar surface area (TPSA) is 64.3 Å². The lowest BCUT2D eigenvalue weighted by Crippen LogP contribution is -2.38. The van der Waals surface area contributed by atoms with Gasteiger partial charge in [-0.3, -0.25) is 9.63 Å². The number of Topliss-reactive ketones (excluding diaryl/α,β-unsaturated/α-hetero) is 1. The minimum absolute atomic E-state index is 0.00616. The Kier molecular flexibility index (Phi) is 19.9. The van der Waals surface area contributed by atoms with E-state index in [2.05, 4.69) is 5.48 Å². The van der Waals surface area contributed by atoms with Crippen molar-refractivity contribution in [3.63, 3.8) is 0 Å². The minimum atomic E-state index is -0.264. The van der Waals surface area contributed by atoms with Gasteiger partial charge in [0, 0.05) is 6.04 Å². The first kappa shape index (κ1) is 21.8. The molecule has 4 nitrogen and oxygen atoms in total. The van der Waals surface area contributed by atoms with Crippen LogP contribution in [0.3, 0.4) is 0 Å². The van der Waals surface area contributed by atoms with Gasteiger partial charge in [0.25, 0.3) is 0 Å². The van der Waals surface area contributed by atoms with Crippen LogP contribution >= 0.6 is 0 Å². The molecule has 0 radical (unpaired) electrons. The summed E-state index contributed by atoms with van der Waals surface area (Å²) in [5.74, 6) is 0.438. The van der Waals surface area contributed by atoms with Gasteiger partial charge in [-0.05, 0) is 19.8 Å². The van der Waals surface area contributed by atoms with Gasteiger partial charge in [0.05, 0.1) is 12.6 Å². The van der Waals surface area contributed by atoms with E-state index >= 15 is 0 Å². The molecule has 0 fully saturated rings. The lowest BCUT2D eigenvalue weighted by Gasteiger charge is -2.17. The second kappa shape index (κ2) is 15.6. The van der Waals surface area contributed by atoms with Crippen molar-refractivity contribution in [3.8, 4) is 0 Å². The van der Waals surface area contributed by atoms with Crippen molar-refractivity contribution in [2.75, 3.05) is 6.61 Å². The molecule has 0 saturated carbocycles. The normalized spacial score (nSPS) is 12.8. The van der Waals surface area contributed by atoms with Crippen LogP contribution in [-0.2, 0) is 9.63 Å². The van der Waals surface area contributed by atoms with E-state index in [4.69, 9.17) is 10.6 Å². The SMILES string of the molecule is CC.CC.CC(=O)C(C)NOCC(N)C(C)C. The Hall–Kier alpha value is -0.450. The zero-order valence-corrected chi connectivity index (χ0v) is 12.8. The number of hydrogen-bond donors (Lipinski definition) is 2. The van der Waals surface area contributed by atoms with Gasteiger partial charge in [-0.1, -0.05) is 41.5 Å². The molecule has 4 heteroatoms. The number of hydrogen-bond acceptors (Lipinski definition) is 4. The number of hydroxylamine groups is 1. The van der Waals surface area contributed by atoms with Crippen LogP contribution in [0.4, 0.5) is 0 Å². The third-order valence-electron chi connectivity index (χ3n) is 2.00. The lowest BCUT2D eigenvalue weighted by atomic mass is 10.1. The minimum Gasteiger partial charge on any atom is -0.325 e. The van der Waals surface area contributed by atoms with Crippen molar-refractivity contribution < 1.29 is 9.63 Å². The van der Waals surface area contributed by atoms with E-state index in [1.54, 1.807) is 6.92 Å². The Labute approximate surface area is 107 Å². The molecule has 0 saturated heterocycles. The summed E-state index contributed by atoms with van der Waals surface area (Å²) in [5.41, 5.74) is 8.37. The number of nitrogens with two attached hydrogens (primary N) is 1. The fourth-order valence-corrected chi connectivity index (χ4v) is 0.545. The molecule has 0 amide bonds. The average Bonchev–Trinajstić information content (AvgIpc) is 2.33. The Bertz CT molecular complexity index is 161. The van der Waals surface area contributed by atoms with Crippen LogP contribution in [0.2, 0.25) is 0 Å². The Balaban J connectivity index is -0.000000439. The lowest BCUT2D eigenvalue weighted by molar-refractivity contribution is -0.122. The van der Waals surface area contributed by atoms with Gasteiger partial charge < -0.3 is 5.73 Å². The Morgan fingerprint density at radius 1 is 1.18 bits per heavy atom. The molecular weight excluding hydrogens is 216 g/mol. The van der Waals surface area contributed by atoms with E-state index in [0.29, 0.717) is 12.5 Å². The zero-order chi connectivity index (χ0) is 14.4. The monoisotopic (exact) mass is 248 g/mol. The number of nitrogens with one attached hydrogen (secondary N) is 1. The molecule has 0 aromatic rings. The molecule has 0 rings (SSSR count). The fraction of sp³-hybridized carbons (Fsp3) is 0.923. The largest absolute Gasteiger partial charge is 0.325 e. The molecule has 0 spiro atoms. The summed E-state index contributed by atoms with van der Waals surface area (Å²) in [6.07, 6.45) is 0. The summed E-state index contributed by atoms with van der Waals surface area (Å²) in [6, 6.07) is -0.258. The second-order valence-corrected chi connectivity index (χ2v) is 3.67. The first-order valence-corrected chi connectivity index (χ1v) is 6.58. The van der Waals surface area contributed by atoms with Gasteiger partial charge in [0.1, 0.15) is 5.78 Å². The molecule has 0 aliphatic carbocycles. The van der Waals surface area contributed by atoms with Gasteiger partial charge >= 0.3 is 0 Å². The van der Waals surface area contributed by atoms with E-state index < -0.39 is 0 Å². The van der Waals surface area contributed by atoms with E-state index in [1.165, 1.54) is 6.92 Å². The molecule has 3 N–H and O–H groups in total. The molecule has 2 unspecified atom stereocenters. The van der Waals surface area contributed by atoms with E-state index in [-0.39, 0.29) is 17.9 Å². The average molecular weight is 248 g/mol. The van der Waals surface area contributed by atoms with Crippen LogP contribution in [-0.4, -0.2) is 24.5 Å². The first-order chi connectivity index (χ1) is 7.95. The van der Waals surface area contributed by atoms with Crippen molar-refractivity contribution in [2.24, 2.45) is 11.7 Å². The molecule has 106 valence electrons. The van der Waals surface area contributed by atoms with Crippen LogP contribution in [0.1, 0.15) is 55.4 Å². The standard InChI is InChI=1S/C9H20N2O2.2C2H6/c1-6(2)9(10)5-13-11-7(3)8(4)12;2*1-2/h6-7,9,11H,5,10H2,1-4H3;2*1-2H3. The molecule has 0 aliphatic rings. The number of carbonyl (C=O) groups is 1. The van der Waals surface area contributed by atoms with Crippen LogP contribution in [0.25, 0.3) is 0 Å². The Morgan fingerprint density at radius 2 is 1.59 bits per heavy atom. The summed E-state index contributed by atoms with van der Waals surface area (Å²) in [5, 5.41) is 0. The third-order valence-corrected chi connectivity index (χ3v) is 2.00. The molecule has 17 heavy (non-hydrogen) atoms. The van der Waals surface area contributed by atoms with Crippen molar-refractivity contribution in [3.05, 3.63) is 0 Å². The molecular formula is C13H32N2O2. The quantitative estimate of drug-likeness (QED) is 0.709. The molecule has 0 aromatic heterocycles. The predicted octanol–water partition coefficient (Wildman–Crippen LogP) is 2.52. The first-order valence-electron chi connectivity index (χ1n) is 6.58. The summed E-state index contributed by atoms with van der Waals surface area (Å²) < 4.78 is 0. The fourth-order valence-electron chi connectivity index (χ4n) is 0.545. The summed E-state index contributed by atoms with van der Waals surface area (Å²) in [4.78, 5) is 15.9. The van der Waals surface area contributed by atoms with E-state index in [0.717, 1.165) is 0 Å². The predicted molar refractivity (Wildman–Crippen MR) is 74.7 cm³/mol. The molecule has 0 heterocycles. The maximum Gasteiger partial charge on any atom is 0.148 e. The van der Waals surface area contributed by atoms with Gasteiger partial charge in [-0.15, -0.1) is 0 Å². The number of rotatable bonds is 6. The van der Waals surface area contributed by atoms with Crippen LogP contribution in [0, 0.1) is 5.92 Å². The van der Waals surface area contributed by atoms with Gasteiger partial charge in [0.2, 0.25) is 0 Å². The van der Waals surface area contributed by atoms with Crippen molar-refractivity contribution in [1.29, 1.82) is 0 Å². The molecule has 0 bridgehead atoms.